The molecule has 0 saturated heterocycles. The summed E-state index contributed by atoms with van der Waals surface area (Å²) in [6, 6.07) is 15.3. The number of hydrazone groups is 1. The fourth-order valence-corrected chi connectivity index (χ4v) is 2.97. The number of thioether (sulfide) groups is 1. The van der Waals surface area contributed by atoms with Crippen molar-refractivity contribution in [3.05, 3.63) is 58.6 Å². The second kappa shape index (κ2) is 8.24. The Hall–Kier alpha value is -2.52. The number of aromatic nitrogens is 4. The number of benzene rings is 2. The van der Waals surface area contributed by atoms with Crippen LogP contribution in [0.25, 0.3) is 5.69 Å². The van der Waals surface area contributed by atoms with E-state index in [1.54, 1.807) is 4.68 Å². The van der Waals surface area contributed by atoms with Crippen LogP contribution >= 0.6 is 27.7 Å². The van der Waals surface area contributed by atoms with Gasteiger partial charge in [0, 0.05) is 11.4 Å². The highest BCUT2D eigenvalue weighted by molar-refractivity contribution is 9.10. The minimum absolute atomic E-state index is 0.182. The van der Waals surface area contributed by atoms with Crippen molar-refractivity contribution in [1.29, 1.82) is 0 Å². The molecule has 0 fully saturated rings. The lowest BCUT2D eigenvalue weighted by Crippen LogP contribution is -2.10. The molecule has 0 aliphatic rings. The third-order valence-corrected chi connectivity index (χ3v) is 4.88. The van der Waals surface area contributed by atoms with Gasteiger partial charge in [-0.15, -0.1) is 5.10 Å². The van der Waals surface area contributed by atoms with Crippen LogP contribution in [-0.2, 0) is 4.79 Å². The number of Topliss-reactive ketones (excluding diaryl/α,β-unsaturated/α-hetero) is 1. The fraction of sp³-hybridized carbons (Fsp3) is 0.118. The van der Waals surface area contributed by atoms with Crippen LogP contribution in [0.15, 0.2) is 63.3 Å². The van der Waals surface area contributed by atoms with Crippen LogP contribution in [-0.4, -0.2) is 31.0 Å². The summed E-state index contributed by atoms with van der Waals surface area (Å²) in [5, 5.41) is 16.6. The second-order valence-electron chi connectivity index (χ2n) is 5.40. The van der Waals surface area contributed by atoms with Crippen molar-refractivity contribution < 1.29 is 4.79 Å². The Kier molecular flexibility index (Phi) is 5.79. The van der Waals surface area contributed by atoms with Gasteiger partial charge >= 0.3 is 0 Å². The number of tetrazole rings is 1. The summed E-state index contributed by atoms with van der Waals surface area (Å²) >= 11 is 4.48. The monoisotopic (exact) mass is 430 g/mol. The molecule has 9 heteroatoms. The van der Waals surface area contributed by atoms with Gasteiger partial charge in [-0.05, 0) is 65.5 Å². The smallest absolute Gasteiger partial charge is 0.220 e. The molecule has 1 aromatic heterocycles. The van der Waals surface area contributed by atoms with Crippen LogP contribution in [0, 0.1) is 6.92 Å². The summed E-state index contributed by atoms with van der Waals surface area (Å²) in [5.41, 5.74) is 5.60. The number of nitrogens with one attached hydrogen (secondary N) is 1. The Morgan fingerprint density at radius 2 is 1.85 bits per heavy atom. The fourth-order valence-electron chi connectivity index (χ4n) is 1.99. The molecule has 0 unspecified atom stereocenters. The first-order chi connectivity index (χ1) is 12.5. The number of carbonyl (C=O) groups is 1. The molecule has 26 heavy (non-hydrogen) atoms. The van der Waals surface area contributed by atoms with E-state index in [4.69, 9.17) is 0 Å². The molecule has 3 rings (SSSR count). The highest BCUT2D eigenvalue weighted by Crippen LogP contribution is 2.21. The number of halogens is 1. The van der Waals surface area contributed by atoms with Gasteiger partial charge in [-0.3, -0.25) is 10.2 Å². The standard InChI is InChI=1S/C17H15BrN6OS/c1-11-3-9-15(10-4-11)24-17(21-22-23-24)26-16(12(2)25)20-19-14-7-5-13(18)6-8-14/h3-10,19H,1-2H3/b20-16+. The summed E-state index contributed by atoms with van der Waals surface area (Å²) < 4.78 is 2.54. The molecule has 1 heterocycles. The molecule has 0 radical (unpaired) electrons. The van der Waals surface area contributed by atoms with Crippen molar-refractivity contribution in [3.8, 4) is 5.69 Å². The van der Waals surface area contributed by atoms with Gasteiger partial charge in [0.25, 0.3) is 0 Å². The van der Waals surface area contributed by atoms with Crippen molar-refractivity contribution in [3.63, 3.8) is 0 Å². The average Bonchev–Trinajstić information content (AvgIpc) is 3.08. The maximum atomic E-state index is 12.0. The van der Waals surface area contributed by atoms with Crippen molar-refractivity contribution in [1.82, 2.24) is 20.2 Å². The highest BCUT2D eigenvalue weighted by atomic mass is 79.9. The van der Waals surface area contributed by atoms with Crippen LogP contribution in [0.1, 0.15) is 12.5 Å². The summed E-state index contributed by atoms with van der Waals surface area (Å²) in [6.45, 7) is 3.46. The molecule has 0 amide bonds. The molecule has 0 aliphatic heterocycles. The van der Waals surface area contributed by atoms with E-state index in [0.29, 0.717) is 5.16 Å². The number of rotatable bonds is 5. The first kappa shape index (κ1) is 18.3. The van der Waals surface area contributed by atoms with Crippen LogP contribution in [0.3, 0.4) is 0 Å². The van der Waals surface area contributed by atoms with Crippen molar-refractivity contribution in [2.75, 3.05) is 5.43 Å². The van der Waals surface area contributed by atoms with Crippen LogP contribution in [0.5, 0.6) is 0 Å². The van der Waals surface area contributed by atoms with E-state index in [0.717, 1.165) is 33.2 Å². The van der Waals surface area contributed by atoms with Gasteiger partial charge in [-0.1, -0.05) is 33.6 Å². The van der Waals surface area contributed by atoms with E-state index in [1.165, 1.54) is 6.92 Å². The van der Waals surface area contributed by atoms with Gasteiger partial charge in [0.15, 0.2) is 10.8 Å². The predicted molar refractivity (Wildman–Crippen MR) is 106 cm³/mol. The third-order valence-electron chi connectivity index (χ3n) is 3.34. The lowest BCUT2D eigenvalue weighted by atomic mass is 10.2. The molecule has 0 spiro atoms. The van der Waals surface area contributed by atoms with E-state index in [-0.39, 0.29) is 10.8 Å². The predicted octanol–water partition coefficient (Wildman–Crippen LogP) is 3.84. The number of anilines is 1. The van der Waals surface area contributed by atoms with E-state index < -0.39 is 0 Å². The zero-order valence-electron chi connectivity index (χ0n) is 14.0. The molecule has 2 aromatic carbocycles. The summed E-state index contributed by atoms with van der Waals surface area (Å²) in [4.78, 5) is 12.0. The minimum atomic E-state index is -0.182. The van der Waals surface area contributed by atoms with Gasteiger partial charge in [0.2, 0.25) is 5.16 Å². The van der Waals surface area contributed by atoms with Gasteiger partial charge in [-0.2, -0.15) is 9.78 Å². The topological polar surface area (TPSA) is 85.1 Å². The van der Waals surface area contributed by atoms with Crippen molar-refractivity contribution in [2.45, 2.75) is 19.0 Å². The second-order valence-corrected chi connectivity index (χ2v) is 7.27. The summed E-state index contributed by atoms with van der Waals surface area (Å²) in [7, 11) is 0. The maximum Gasteiger partial charge on any atom is 0.220 e. The number of hydrogen-bond acceptors (Lipinski definition) is 7. The number of ketones is 1. The quantitative estimate of drug-likeness (QED) is 0.286. The maximum absolute atomic E-state index is 12.0. The van der Waals surface area contributed by atoms with Crippen molar-refractivity contribution in [2.24, 2.45) is 5.10 Å². The molecule has 132 valence electrons. The van der Waals surface area contributed by atoms with Crippen molar-refractivity contribution >= 4 is 44.2 Å². The number of aryl methyl sites for hydroxylation is 1. The normalized spacial score (nSPS) is 11.4. The summed E-state index contributed by atoms with van der Waals surface area (Å²) in [6.07, 6.45) is 0. The Morgan fingerprint density at radius 3 is 2.50 bits per heavy atom. The van der Waals surface area contributed by atoms with Gasteiger partial charge < -0.3 is 0 Å². The zero-order chi connectivity index (χ0) is 18.5. The molecule has 1 N–H and O–H groups in total. The van der Waals surface area contributed by atoms with E-state index in [2.05, 4.69) is 42.0 Å². The molecule has 0 atom stereocenters. The molecule has 7 nitrogen and oxygen atoms in total. The molecule has 0 aliphatic carbocycles. The highest BCUT2D eigenvalue weighted by Gasteiger charge is 2.16. The largest absolute Gasteiger partial charge is 0.292 e. The lowest BCUT2D eigenvalue weighted by Gasteiger charge is -2.06. The first-order valence-corrected chi connectivity index (χ1v) is 9.27. The first-order valence-electron chi connectivity index (χ1n) is 7.66. The third kappa shape index (κ3) is 4.55. The van der Waals surface area contributed by atoms with Gasteiger partial charge in [0.1, 0.15) is 0 Å². The van der Waals surface area contributed by atoms with Gasteiger partial charge in [0.05, 0.1) is 11.4 Å². The molecule has 3 aromatic rings. The Labute approximate surface area is 163 Å². The number of hydrogen-bond donors (Lipinski definition) is 1. The van der Waals surface area contributed by atoms with Crippen LogP contribution < -0.4 is 5.43 Å². The van der Waals surface area contributed by atoms with Crippen LogP contribution in [0.4, 0.5) is 5.69 Å². The molecule has 0 bridgehead atoms. The Bertz CT molecular complexity index is 937. The zero-order valence-corrected chi connectivity index (χ0v) is 16.5. The van der Waals surface area contributed by atoms with Gasteiger partial charge in [-0.25, -0.2) is 0 Å². The Balaban J connectivity index is 1.82. The van der Waals surface area contributed by atoms with E-state index in [9.17, 15) is 4.79 Å². The SMILES string of the molecule is CC(=O)/C(=N\Nc1ccc(Br)cc1)Sc1nnnn1-c1ccc(C)cc1. The molecular formula is C17H15BrN6OS. The minimum Gasteiger partial charge on any atom is -0.292 e. The summed E-state index contributed by atoms with van der Waals surface area (Å²) in [5.74, 6) is -0.182. The van der Waals surface area contributed by atoms with Crippen LogP contribution in [0.2, 0.25) is 0 Å². The lowest BCUT2D eigenvalue weighted by molar-refractivity contribution is -0.110. The van der Waals surface area contributed by atoms with E-state index >= 15 is 0 Å². The number of nitrogens with zero attached hydrogens (tertiary/aromatic N) is 5. The Morgan fingerprint density at radius 1 is 1.15 bits per heavy atom. The average molecular weight is 431 g/mol. The molecular weight excluding hydrogens is 416 g/mol. The van der Waals surface area contributed by atoms with E-state index in [1.807, 2.05) is 55.5 Å². The molecule has 0 saturated carbocycles. The number of carbonyl (C=O) groups excluding carboxylic acids is 1.